The smallest absolute Gasteiger partial charge is 0.0877 e. The number of fused-ring (bicyclic) bond motifs is 1. The first-order valence-electron chi connectivity index (χ1n) is 6.64. The van der Waals surface area contributed by atoms with Crippen molar-refractivity contribution in [2.75, 3.05) is 13.2 Å². The van der Waals surface area contributed by atoms with Crippen LogP contribution in [0.5, 0.6) is 0 Å². The summed E-state index contributed by atoms with van der Waals surface area (Å²) in [5.74, 6) is 0.556. The first-order valence-corrected chi connectivity index (χ1v) is 6.64. The maximum absolute atomic E-state index is 5.99. The average molecular weight is 232 g/mol. The second-order valence-electron chi connectivity index (χ2n) is 5.21. The standard InChI is InChI=1S/C15H20O2/c1-11-4-6-12(7-5-11)15-13-3-2-9-16-14(13)8-10-17-15/h4-7,13-15H,2-3,8-10H2,1H3/t13-,14+,15+/m1/s1. The summed E-state index contributed by atoms with van der Waals surface area (Å²) in [6.07, 6.45) is 4.14. The highest BCUT2D eigenvalue weighted by atomic mass is 16.5. The second kappa shape index (κ2) is 4.79. The molecule has 3 atom stereocenters. The Hall–Kier alpha value is -0.860. The first-order chi connectivity index (χ1) is 8.34. The highest BCUT2D eigenvalue weighted by Gasteiger charge is 2.37. The summed E-state index contributed by atoms with van der Waals surface area (Å²) in [6.45, 7) is 3.89. The van der Waals surface area contributed by atoms with Crippen molar-refractivity contribution in [3.05, 3.63) is 35.4 Å². The van der Waals surface area contributed by atoms with Gasteiger partial charge < -0.3 is 9.47 Å². The van der Waals surface area contributed by atoms with Crippen LogP contribution < -0.4 is 0 Å². The molecule has 2 saturated heterocycles. The Morgan fingerprint density at radius 1 is 1.00 bits per heavy atom. The van der Waals surface area contributed by atoms with Gasteiger partial charge in [-0.3, -0.25) is 0 Å². The van der Waals surface area contributed by atoms with Crippen LogP contribution in [0.2, 0.25) is 0 Å². The van der Waals surface area contributed by atoms with Crippen LogP contribution in [0.25, 0.3) is 0 Å². The van der Waals surface area contributed by atoms with Crippen molar-refractivity contribution in [1.82, 2.24) is 0 Å². The van der Waals surface area contributed by atoms with E-state index in [1.165, 1.54) is 24.0 Å². The lowest BCUT2D eigenvalue weighted by molar-refractivity contribution is -0.142. The Morgan fingerprint density at radius 2 is 1.82 bits per heavy atom. The molecule has 0 radical (unpaired) electrons. The van der Waals surface area contributed by atoms with E-state index in [9.17, 15) is 0 Å². The van der Waals surface area contributed by atoms with Gasteiger partial charge in [0.25, 0.3) is 0 Å². The predicted octanol–water partition coefficient (Wildman–Crippen LogP) is 3.25. The molecule has 0 aliphatic carbocycles. The molecule has 1 aromatic carbocycles. The first kappa shape index (κ1) is 11.2. The molecule has 0 saturated carbocycles. The van der Waals surface area contributed by atoms with Crippen molar-refractivity contribution < 1.29 is 9.47 Å². The number of hydrogen-bond donors (Lipinski definition) is 0. The molecule has 2 aliphatic heterocycles. The molecule has 92 valence electrons. The Labute approximate surface area is 103 Å². The lowest BCUT2D eigenvalue weighted by Gasteiger charge is -2.41. The molecule has 2 heteroatoms. The largest absolute Gasteiger partial charge is 0.378 e. The van der Waals surface area contributed by atoms with E-state index in [-0.39, 0.29) is 6.10 Å². The van der Waals surface area contributed by atoms with Crippen LogP contribution in [0.3, 0.4) is 0 Å². The van der Waals surface area contributed by atoms with E-state index in [0.29, 0.717) is 12.0 Å². The zero-order chi connectivity index (χ0) is 11.7. The van der Waals surface area contributed by atoms with Crippen molar-refractivity contribution in [2.24, 2.45) is 5.92 Å². The lowest BCUT2D eigenvalue weighted by atomic mass is 9.82. The molecule has 2 heterocycles. The van der Waals surface area contributed by atoms with Gasteiger partial charge in [-0.15, -0.1) is 0 Å². The van der Waals surface area contributed by atoms with E-state index < -0.39 is 0 Å². The van der Waals surface area contributed by atoms with Gasteiger partial charge in [0.15, 0.2) is 0 Å². The third-order valence-electron chi connectivity index (χ3n) is 3.99. The summed E-state index contributed by atoms with van der Waals surface area (Å²) < 4.78 is 11.9. The number of hydrogen-bond acceptors (Lipinski definition) is 2. The Kier molecular flexibility index (Phi) is 3.17. The van der Waals surface area contributed by atoms with Gasteiger partial charge in [0.05, 0.1) is 12.2 Å². The van der Waals surface area contributed by atoms with Crippen LogP contribution in [0.15, 0.2) is 24.3 Å². The molecule has 0 spiro atoms. The van der Waals surface area contributed by atoms with Gasteiger partial charge in [-0.1, -0.05) is 29.8 Å². The predicted molar refractivity (Wildman–Crippen MR) is 67.0 cm³/mol. The van der Waals surface area contributed by atoms with Crippen molar-refractivity contribution >= 4 is 0 Å². The highest BCUT2D eigenvalue weighted by Crippen LogP contribution is 2.40. The molecule has 2 fully saturated rings. The summed E-state index contributed by atoms with van der Waals surface area (Å²) in [4.78, 5) is 0. The van der Waals surface area contributed by atoms with E-state index in [1.54, 1.807) is 0 Å². The minimum atomic E-state index is 0.245. The maximum Gasteiger partial charge on any atom is 0.0877 e. The van der Waals surface area contributed by atoms with Gasteiger partial charge in [0, 0.05) is 19.1 Å². The monoisotopic (exact) mass is 232 g/mol. The molecule has 2 aliphatic rings. The van der Waals surface area contributed by atoms with Crippen molar-refractivity contribution in [1.29, 1.82) is 0 Å². The number of ether oxygens (including phenoxy) is 2. The van der Waals surface area contributed by atoms with E-state index in [0.717, 1.165) is 19.6 Å². The molecule has 0 bridgehead atoms. The Morgan fingerprint density at radius 3 is 2.65 bits per heavy atom. The molecule has 1 aromatic rings. The van der Waals surface area contributed by atoms with Gasteiger partial charge in [-0.2, -0.15) is 0 Å². The molecule has 0 unspecified atom stereocenters. The third kappa shape index (κ3) is 2.24. The highest BCUT2D eigenvalue weighted by molar-refractivity contribution is 5.24. The molecule has 2 nitrogen and oxygen atoms in total. The SMILES string of the molecule is Cc1ccc([C@@H]2OCC[C@@H]3OCCC[C@H]32)cc1. The van der Waals surface area contributed by atoms with E-state index in [2.05, 4.69) is 31.2 Å². The molecule has 0 aromatic heterocycles. The number of benzene rings is 1. The number of rotatable bonds is 1. The van der Waals surface area contributed by atoms with Crippen molar-refractivity contribution in [3.8, 4) is 0 Å². The van der Waals surface area contributed by atoms with Crippen LogP contribution in [0.4, 0.5) is 0 Å². The topological polar surface area (TPSA) is 18.5 Å². The Bertz CT molecular complexity index is 369. The fourth-order valence-electron chi connectivity index (χ4n) is 3.04. The minimum absolute atomic E-state index is 0.245. The van der Waals surface area contributed by atoms with Gasteiger partial charge in [0.1, 0.15) is 0 Å². The Balaban J connectivity index is 1.83. The van der Waals surface area contributed by atoms with Crippen LogP contribution >= 0.6 is 0 Å². The molecule has 17 heavy (non-hydrogen) atoms. The minimum Gasteiger partial charge on any atom is -0.378 e. The van der Waals surface area contributed by atoms with Gasteiger partial charge >= 0.3 is 0 Å². The lowest BCUT2D eigenvalue weighted by Crippen LogP contribution is -2.39. The molecule has 3 rings (SSSR count). The quantitative estimate of drug-likeness (QED) is 0.740. The van der Waals surface area contributed by atoms with Gasteiger partial charge in [-0.25, -0.2) is 0 Å². The maximum atomic E-state index is 5.99. The fraction of sp³-hybridized carbons (Fsp3) is 0.600. The summed E-state index contributed by atoms with van der Waals surface area (Å²) in [5, 5.41) is 0. The van der Waals surface area contributed by atoms with Gasteiger partial charge in [0.2, 0.25) is 0 Å². The second-order valence-corrected chi connectivity index (χ2v) is 5.21. The summed E-state index contributed by atoms with van der Waals surface area (Å²) in [6, 6.07) is 8.76. The van der Waals surface area contributed by atoms with Crippen molar-refractivity contribution in [2.45, 2.75) is 38.4 Å². The van der Waals surface area contributed by atoms with Crippen LogP contribution in [-0.4, -0.2) is 19.3 Å². The molecular weight excluding hydrogens is 212 g/mol. The summed E-state index contributed by atoms with van der Waals surface area (Å²) in [7, 11) is 0. The van der Waals surface area contributed by atoms with E-state index in [1.807, 2.05) is 0 Å². The zero-order valence-corrected chi connectivity index (χ0v) is 10.4. The zero-order valence-electron chi connectivity index (χ0n) is 10.4. The molecule has 0 N–H and O–H groups in total. The van der Waals surface area contributed by atoms with Gasteiger partial charge in [-0.05, 0) is 31.7 Å². The molecular formula is C15H20O2. The third-order valence-corrected chi connectivity index (χ3v) is 3.99. The van der Waals surface area contributed by atoms with E-state index >= 15 is 0 Å². The fourth-order valence-corrected chi connectivity index (χ4v) is 3.04. The van der Waals surface area contributed by atoms with Crippen molar-refractivity contribution in [3.63, 3.8) is 0 Å². The number of aryl methyl sites for hydroxylation is 1. The normalized spacial score (nSPS) is 33.1. The summed E-state index contributed by atoms with van der Waals surface area (Å²) in [5.41, 5.74) is 2.62. The summed E-state index contributed by atoms with van der Waals surface area (Å²) >= 11 is 0. The van der Waals surface area contributed by atoms with Crippen LogP contribution in [0, 0.1) is 12.8 Å². The van der Waals surface area contributed by atoms with Crippen LogP contribution in [0.1, 0.15) is 36.5 Å². The van der Waals surface area contributed by atoms with E-state index in [4.69, 9.17) is 9.47 Å². The molecule has 0 amide bonds. The average Bonchev–Trinajstić information content (AvgIpc) is 2.39. The van der Waals surface area contributed by atoms with Crippen LogP contribution in [-0.2, 0) is 9.47 Å².